The number of nitriles is 1. The Balaban J connectivity index is 1.94. The summed E-state index contributed by atoms with van der Waals surface area (Å²) in [5.41, 5.74) is 2.50. The first-order valence-electron chi connectivity index (χ1n) is 8.28. The molecule has 122 valence electrons. The van der Waals surface area contributed by atoms with E-state index in [9.17, 15) is 10.1 Å². The molecule has 0 atom stereocenters. The molecular weight excluding hydrogens is 286 g/mol. The van der Waals surface area contributed by atoms with Crippen molar-refractivity contribution < 1.29 is 4.79 Å². The average Bonchev–Trinajstić information content (AvgIpc) is 2.58. The van der Waals surface area contributed by atoms with Gasteiger partial charge < -0.3 is 10.2 Å². The lowest BCUT2D eigenvalue weighted by Gasteiger charge is -2.31. The molecule has 0 aliphatic heterocycles. The lowest BCUT2D eigenvalue weighted by atomic mass is 9.94. The second-order valence-electron chi connectivity index (χ2n) is 6.25. The van der Waals surface area contributed by atoms with Gasteiger partial charge in [0.2, 0.25) is 0 Å². The van der Waals surface area contributed by atoms with E-state index in [0.29, 0.717) is 6.54 Å². The number of nitrogens with zero attached hydrogens (tertiary/aromatic N) is 2. The minimum absolute atomic E-state index is 0.172. The zero-order chi connectivity index (χ0) is 16.7. The van der Waals surface area contributed by atoms with Crippen LogP contribution in [-0.2, 0) is 11.3 Å². The number of aryl methyl sites for hydroxylation is 1. The van der Waals surface area contributed by atoms with Crippen molar-refractivity contribution in [3.05, 3.63) is 47.2 Å². The van der Waals surface area contributed by atoms with Gasteiger partial charge in [0.15, 0.2) is 0 Å². The van der Waals surface area contributed by atoms with Crippen LogP contribution in [0.25, 0.3) is 0 Å². The maximum atomic E-state index is 12.5. The molecular formula is C19H25N3O. The van der Waals surface area contributed by atoms with Crippen molar-refractivity contribution in [3.63, 3.8) is 0 Å². The van der Waals surface area contributed by atoms with E-state index < -0.39 is 0 Å². The van der Waals surface area contributed by atoms with Gasteiger partial charge in [0.25, 0.3) is 5.91 Å². The molecule has 23 heavy (non-hydrogen) atoms. The molecule has 0 bridgehead atoms. The van der Waals surface area contributed by atoms with Crippen LogP contribution >= 0.6 is 0 Å². The molecule has 0 heterocycles. The Morgan fingerprint density at radius 2 is 2.13 bits per heavy atom. The molecule has 1 saturated carbocycles. The van der Waals surface area contributed by atoms with Gasteiger partial charge in [0, 0.05) is 25.8 Å². The summed E-state index contributed by atoms with van der Waals surface area (Å²) in [6.07, 6.45) is 7.20. The van der Waals surface area contributed by atoms with Gasteiger partial charge in [-0.3, -0.25) is 4.79 Å². The smallest absolute Gasteiger partial charge is 0.265 e. The van der Waals surface area contributed by atoms with Crippen LogP contribution in [-0.4, -0.2) is 23.9 Å². The topological polar surface area (TPSA) is 56.1 Å². The second kappa shape index (κ2) is 8.38. The summed E-state index contributed by atoms with van der Waals surface area (Å²) in [6.45, 7) is 2.65. The Kier molecular flexibility index (Phi) is 6.22. The fraction of sp³-hybridized carbons (Fsp3) is 0.474. The van der Waals surface area contributed by atoms with Gasteiger partial charge in [-0.1, -0.05) is 49.1 Å². The highest BCUT2D eigenvalue weighted by Crippen LogP contribution is 2.22. The van der Waals surface area contributed by atoms with Gasteiger partial charge in [0.1, 0.15) is 11.6 Å². The summed E-state index contributed by atoms with van der Waals surface area (Å²) in [7, 11) is 1.81. The molecule has 2 rings (SSSR count). The molecule has 0 unspecified atom stereocenters. The van der Waals surface area contributed by atoms with Gasteiger partial charge >= 0.3 is 0 Å². The lowest BCUT2D eigenvalue weighted by Crippen LogP contribution is -2.39. The average molecular weight is 311 g/mol. The first kappa shape index (κ1) is 17.1. The highest BCUT2D eigenvalue weighted by atomic mass is 16.2. The first-order valence-corrected chi connectivity index (χ1v) is 8.28. The van der Waals surface area contributed by atoms with Crippen molar-refractivity contribution >= 4 is 5.91 Å². The van der Waals surface area contributed by atoms with Crippen molar-refractivity contribution in [2.24, 2.45) is 0 Å². The van der Waals surface area contributed by atoms with Gasteiger partial charge in [-0.15, -0.1) is 0 Å². The van der Waals surface area contributed by atoms with E-state index in [4.69, 9.17) is 0 Å². The number of amides is 1. The largest absolute Gasteiger partial charge is 0.386 e. The van der Waals surface area contributed by atoms with E-state index in [2.05, 4.69) is 11.4 Å². The molecule has 4 heteroatoms. The van der Waals surface area contributed by atoms with Crippen molar-refractivity contribution in [2.45, 2.75) is 51.6 Å². The number of hydrogen-bond donors (Lipinski definition) is 1. The third-order valence-electron chi connectivity index (χ3n) is 4.43. The zero-order valence-corrected chi connectivity index (χ0v) is 14.0. The molecule has 1 aliphatic carbocycles. The van der Waals surface area contributed by atoms with Gasteiger partial charge in [-0.2, -0.15) is 5.26 Å². The molecule has 1 N–H and O–H groups in total. The van der Waals surface area contributed by atoms with E-state index in [1.807, 2.05) is 38.2 Å². The van der Waals surface area contributed by atoms with E-state index in [1.165, 1.54) is 24.8 Å². The molecule has 4 nitrogen and oxygen atoms in total. The van der Waals surface area contributed by atoms with E-state index in [0.717, 1.165) is 18.4 Å². The van der Waals surface area contributed by atoms with Crippen molar-refractivity contribution in [2.75, 3.05) is 7.05 Å². The minimum Gasteiger partial charge on any atom is -0.386 e. The van der Waals surface area contributed by atoms with E-state index in [-0.39, 0.29) is 17.5 Å². The number of carbonyl (C=O) groups excluding carboxylic acids is 1. The highest BCUT2D eigenvalue weighted by molar-refractivity contribution is 5.97. The normalized spacial score (nSPS) is 15.8. The van der Waals surface area contributed by atoms with Crippen molar-refractivity contribution in [3.8, 4) is 6.07 Å². The van der Waals surface area contributed by atoms with Crippen LogP contribution in [0.5, 0.6) is 0 Å². The van der Waals surface area contributed by atoms with Gasteiger partial charge in [-0.05, 0) is 25.3 Å². The minimum atomic E-state index is -0.184. The Morgan fingerprint density at radius 1 is 1.39 bits per heavy atom. The van der Waals surface area contributed by atoms with Crippen LogP contribution in [0, 0.1) is 18.3 Å². The predicted molar refractivity (Wildman–Crippen MR) is 91.4 cm³/mol. The fourth-order valence-electron chi connectivity index (χ4n) is 3.06. The van der Waals surface area contributed by atoms with Crippen molar-refractivity contribution in [1.82, 2.24) is 10.2 Å². The lowest BCUT2D eigenvalue weighted by molar-refractivity contribution is -0.128. The van der Waals surface area contributed by atoms with E-state index in [1.54, 1.807) is 11.1 Å². The predicted octanol–water partition coefficient (Wildman–Crippen LogP) is 3.28. The number of likely N-dealkylation sites (N-methyl/N-ethyl adjacent to an activating group) is 1. The molecule has 1 fully saturated rings. The third-order valence-corrected chi connectivity index (χ3v) is 4.43. The molecule has 1 aromatic carbocycles. The van der Waals surface area contributed by atoms with Gasteiger partial charge in [-0.25, -0.2) is 0 Å². The number of benzene rings is 1. The van der Waals surface area contributed by atoms with Crippen LogP contribution in [0.2, 0.25) is 0 Å². The molecule has 1 aliphatic rings. The van der Waals surface area contributed by atoms with Crippen LogP contribution < -0.4 is 5.32 Å². The maximum Gasteiger partial charge on any atom is 0.265 e. The SMILES string of the molecule is Cc1cccc(CN/C=C(/C#N)C(=O)N(C)C2CCCCC2)c1. The fourth-order valence-corrected chi connectivity index (χ4v) is 3.06. The van der Waals surface area contributed by atoms with Crippen molar-refractivity contribution in [1.29, 1.82) is 5.26 Å². The summed E-state index contributed by atoms with van der Waals surface area (Å²) in [5.74, 6) is -0.184. The van der Waals surface area contributed by atoms with E-state index >= 15 is 0 Å². The Morgan fingerprint density at radius 3 is 2.78 bits per heavy atom. The number of rotatable bonds is 5. The summed E-state index contributed by atoms with van der Waals surface area (Å²) in [6, 6.07) is 10.5. The summed E-state index contributed by atoms with van der Waals surface area (Å²) in [5, 5.41) is 12.4. The molecule has 1 aromatic rings. The third kappa shape index (κ3) is 4.85. The summed E-state index contributed by atoms with van der Waals surface area (Å²) < 4.78 is 0. The molecule has 0 aromatic heterocycles. The summed E-state index contributed by atoms with van der Waals surface area (Å²) in [4.78, 5) is 14.2. The number of nitrogens with one attached hydrogen (secondary N) is 1. The van der Waals surface area contributed by atoms with Crippen LogP contribution in [0.3, 0.4) is 0 Å². The van der Waals surface area contributed by atoms with Crippen LogP contribution in [0.4, 0.5) is 0 Å². The quantitative estimate of drug-likeness (QED) is 0.670. The van der Waals surface area contributed by atoms with Gasteiger partial charge in [0.05, 0.1) is 0 Å². The standard InChI is InChI=1S/C19H25N3O/c1-15-7-6-8-16(11-15)13-21-14-17(12-20)19(23)22(2)18-9-4-3-5-10-18/h6-8,11,14,18,21H,3-5,9-10,13H2,1-2H3/b17-14-. The Hall–Kier alpha value is -2.28. The zero-order valence-electron chi connectivity index (χ0n) is 14.0. The molecule has 0 radical (unpaired) electrons. The monoisotopic (exact) mass is 311 g/mol. The second-order valence-corrected chi connectivity index (χ2v) is 6.25. The molecule has 1 amide bonds. The number of carbonyl (C=O) groups is 1. The Bertz CT molecular complexity index is 609. The highest BCUT2D eigenvalue weighted by Gasteiger charge is 2.24. The number of hydrogen-bond acceptors (Lipinski definition) is 3. The van der Waals surface area contributed by atoms with Crippen LogP contribution in [0.15, 0.2) is 36.0 Å². The maximum absolute atomic E-state index is 12.5. The Labute approximate surface area is 138 Å². The molecule has 0 saturated heterocycles. The molecule has 0 spiro atoms. The summed E-state index contributed by atoms with van der Waals surface area (Å²) >= 11 is 0. The van der Waals surface area contributed by atoms with Crippen LogP contribution in [0.1, 0.15) is 43.2 Å². The first-order chi connectivity index (χ1) is 11.1.